The summed E-state index contributed by atoms with van der Waals surface area (Å²) in [4.78, 5) is 71.8. The monoisotopic (exact) mass is 563 g/mol. The maximum Gasteiger partial charge on any atom is 0.235 e. The number of aromatic nitrogens is 1. The fourth-order valence-corrected chi connectivity index (χ4v) is 6.58. The lowest BCUT2D eigenvalue weighted by atomic mass is 9.52. The molecule has 13 heteroatoms. The summed E-state index contributed by atoms with van der Waals surface area (Å²) in [6, 6.07) is -0.853. The highest BCUT2D eigenvalue weighted by Gasteiger charge is 2.69. The Balaban J connectivity index is 1.71. The third-order valence-electron chi connectivity index (χ3n) is 8.07. The van der Waals surface area contributed by atoms with Gasteiger partial charge in [0, 0.05) is 24.1 Å². The number of Topliss-reactive ketones (excluding diaryl/α,β-unsaturated/α-hetero) is 4. The van der Waals surface area contributed by atoms with Crippen LogP contribution in [0.25, 0.3) is 0 Å². The van der Waals surface area contributed by atoms with Gasteiger partial charge in [-0.15, -0.1) is 0 Å². The lowest BCUT2D eigenvalue weighted by molar-refractivity contribution is -0.181. The average Bonchev–Trinajstić information content (AvgIpc) is 2.83. The minimum atomic E-state index is -2.77. The van der Waals surface area contributed by atoms with Crippen molar-refractivity contribution < 1.29 is 34.2 Å². The molecule has 0 bridgehead atoms. The number of nitrogens with zero attached hydrogens (tertiary/aromatic N) is 2. The molecule has 1 heterocycles. The number of carbonyl (C=O) groups excluding carboxylic acids is 5. The first kappa shape index (κ1) is 29.1. The predicted molar refractivity (Wildman–Crippen MR) is 140 cm³/mol. The second-order valence-electron chi connectivity index (χ2n) is 11.1. The molecule has 1 aromatic heterocycles. The maximum atomic E-state index is 13.8. The van der Waals surface area contributed by atoms with Crippen molar-refractivity contribution in [2.75, 3.05) is 32.5 Å². The average molecular weight is 564 g/mol. The first-order valence-corrected chi connectivity index (χ1v) is 13.3. The Labute approximate surface area is 230 Å². The van der Waals surface area contributed by atoms with Crippen LogP contribution < -0.4 is 16.4 Å². The van der Waals surface area contributed by atoms with Gasteiger partial charge in [0.25, 0.3) is 0 Å². The van der Waals surface area contributed by atoms with Gasteiger partial charge < -0.3 is 26.6 Å². The second kappa shape index (κ2) is 10.6. The van der Waals surface area contributed by atoms with E-state index in [9.17, 15) is 34.2 Å². The summed E-state index contributed by atoms with van der Waals surface area (Å²) < 4.78 is 0. The molecule has 0 radical (unpaired) electrons. The second-order valence-corrected chi connectivity index (χ2v) is 11.5. The summed E-state index contributed by atoms with van der Waals surface area (Å²) in [5.74, 6) is -11.2. The Bertz CT molecular complexity index is 1250. The molecule has 1 amide bonds. The molecule has 212 valence electrons. The molecular weight excluding hydrogens is 530 g/mol. The van der Waals surface area contributed by atoms with Crippen molar-refractivity contribution in [2.45, 2.75) is 50.8 Å². The number of amides is 1. The Morgan fingerprint density at radius 3 is 2.46 bits per heavy atom. The van der Waals surface area contributed by atoms with Crippen molar-refractivity contribution in [1.29, 1.82) is 0 Å². The number of hydrogen-bond donors (Lipinski definition) is 5. The first-order chi connectivity index (χ1) is 18.2. The van der Waals surface area contributed by atoms with E-state index in [1.807, 2.05) is 13.8 Å². The highest BCUT2D eigenvalue weighted by molar-refractivity contribution is 6.34. The lowest BCUT2D eigenvalue weighted by Gasteiger charge is -2.52. The van der Waals surface area contributed by atoms with Crippen LogP contribution in [-0.2, 0) is 25.6 Å². The number of likely N-dealkylation sites (N-methyl/N-ethyl adjacent to an activating group) is 1. The maximum absolute atomic E-state index is 13.8. The quantitative estimate of drug-likeness (QED) is 0.159. The number of pyridine rings is 1. The number of anilines is 1. The molecule has 0 saturated heterocycles. The van der Waals surface area contributed by atoms with E-state index in [2.05, 4.69) is 15.6 Å². The van der Waals surface area contributed by atoms with Gasteiger partial charge >= 0.3 is 0 Å². The molecule has 39 heavy (non-hydrogen) atoms. The molecule has 3 aliphatic rings. The fraction of sp³-hybridized carbons (Fsp3) is 0.615. The number of fused-ring (bicyclic) bond motifs is 3. The van der Waals surface area contributed by atoms with Gasteiger partial charge in [-0.05, 0) is 45.8 Å². The molecule has 0 aliphatic heterocycles. The SMILES string of the molecule is CC(C)NCCCNc1nc(Cl)c2c(c1O)C(=O)C1C(=O)[C@]3(O)C(=O)C(C(N)=O)C(=O)[C@@H](N(C)C)[C@@H]3C[C@@H]1C2. The minimum Gasteiger partial charge on any atom is -0.504 e. The number of nitrogens with one attached hydrogen (secondary N) is 2. The van der Waals surface area contributed by atoms with Crippen LogP contribution in [0.5, 0.6) is 5.75 Å². The van der Waals surface area contributed by atoms with Crippen LogP contribution in [0.3, 0.4) is 0 Å². The van der Waals surface area contributed by atoms with E-state index >= 15 is 0 Å². The number of aromatic hydroxyl groups is 1. The van der Waals surface area contributed by atoms with E-state index in [0.717, 1.165) is 0 Å². The van der Waals surface area contributed by atoms with Gasteiger partial charge in [0.15, 0.2) is 46.2 Å². The third kappa shape index (κ3) is 4.62. The fourth-order valence-electron chi connectivity index (χ4n) is 6.33. The molecule has 2 unspecified atom stereocenters. The summed E-state index contributed by atoms with van der Waals surface area (Å²) in [6.45, 7) is 5.15. The largest absolute Gasteiger partial charge is 0.504 e. The summed E-state index contributed by atoms with van der Waals surface area (Å²) in [5, 5.41) is 28.8. The number of ketones is 4. The van der Waals surface area contributed by atoms with Crippen LogP contribution >= 0.6 is 11.6 Å². The molecule has 1 aromatic rings. The predicted octanol–water partition coefficient (Wildman–Crippen LogP) is -0.285. The van der Waals surface area contributed by atoms with Gasteiger partial charge in [0.1, 0.15) is 5.15 Å². The Morgan fingerprint density at radius 1 is 1.21 bits per heavy atom. The molecule has 0 spiro atoms. The van der Waals surface area contributed by atoms with E-state index in [0.29, 0.717) is 25.6 Å². The van der Waals surface area contributed by atoms with Gasteiger partial charge in [-0.2, -0.15) is 0 Å². The first-order valence-electron chi connectivity index (χ1n) is 13.0. The number of hydrogen-bond acceptors (Lipinski definition) is 11. The summed E-state index contributed by atoms with van der Waals surface area (Å²) in [7, 11) is 3.06. The number of carbonyl (C=O) groups is 5. The zero-order valence-corrected chi connectivity index (χ0v) is 23.0. The van der Waals surface area contributed by atoms with Gasteiger partial charge in [-0.3, -0.25) is 28.9 Å². The van der Waals surface area contributed by atoms with Crippen LogP contribution in [-0.4, -0.2) is 94.0 Å². The van der Waals surface area contributed by atoms with Crippen molar-refractivity contribution >= 4 is 46.5 Å². The van der Waals surface area contributed by atoms with Crippen molar-refractivity contribution in [3.63, 3.8) is 0 Å². The standard InChI is InChI=1S/C26H34ClN5O7/c1-10(2)29-6-5-7-30-25-20(35)15-12(23(27)31-25)8-11-9-13-17(32(3)4)19(34)16(24(28)38)22(37)26(13,39)21(36)14(11)18(15)33/h10-11,13-14,16-17,29,35,39H,5-9H2,1-4H3,(H2,28,38)(H,30,31)/t11-,13-,14?,16?,17-,26-/m0/s1. The van der Waals surface area contributed by atoms with Gasteiger partial charge in [0.05, 0.1) is 17.5 Å². The van der Waals surface area contributed by atoms with Crippen molar-refractivity contribution in [3.8, 4) is 5.75 Å². The van der Waals surface area contributed by atoms with Crippen molar-refractivity contribution in [3.05, 3.63) is 16.3 Å². The molecule has 4 rings (SSSR count). The Morgan fingerprint density at radius 2 is 1.87 bits per heavy atom. The number of primary amides is 1. The number of rotatable bonds is 8. The van der Waals surface area contributed by atoms with Crippen LogP contribution in [0.1, 0.15) is 42.6 Å². The van der Waals surface area contributed by atoms with Crippen LogP contribution in [0.15, 0.2) is 0 Å². The van der Waals surface area contributed by atoms with E-state index in [4.69, 9.17) is 17.3 Å². The molecule has 2 saturated carbocycles. The third-order valence-corrected chi connectivity index (χ3v) is 8.39. The lowest BCUT2D eigenvalue weighted by Crippen LogP contribution is -2.74. The molecule has 12 nitrogen and oxygen atoms in total. The zero-order valence-electron chi connectivity index (χ0n) is 22.3. The number of halogens is 1. The normalized spacial score (nSPS) is 30.3. The van der Waals surface area contributed by atoms with Gasteiger partial charge in [0.2, 0.25) is 5.91 Å². The number of nitrogens with two attached hydrogens (primary N) is 1. The van der Waals surface area contributed by atoms with Crippen molar-refractivity contribution in [2.24, 2.45) is 29.4 Å². The summed E-state index contributed by atoms with van der Waals surface area (Å²) in [5.41, 5.74) is 2.63. The summed E-state index contributed by atoms with van der Waals surface area (Å²) >= 11 is 6.45. The van der Waals surface area contributed by atoms with Gasteiger partial charge in [-0.25, -0.2) is 4.98 Å². The minimum absolute atomic E-state index is 0.0144. The van der Waals surface area contributed by atoms with E-state index in [1.165, 1.54) is 19.0 Å². The van der Waals surface area contributed by atoms with E-state index < -0.39 is 70.1 Å². The molecular formula is C26H34ClN5O7. The summed E-state index contributed by atoms with van der Waals surface area (Å²) in [6.07, 6.45) is 0.697. The molecule has 3 aliphatic carbocycles. The number of aliphatic hydroxyl groups is 1. The van der Waals surface area contributed by atoms with Gasteiger partial charge in [-0.1, -0.05) is 25.4 Å². The molecule has 2 fully saturated rings. The van der Waals surface area contributed by atoms with Crippen LogP contribution in [0.4, 0.5) is 5.82 Å². The smallest absolute Gasteiger partial charge is 0.235 e. The molecule has 6 atom stereocenters. The Kier molecular flexibility index (Phi) is 7.87. The Hall–Kier alpha value is -2.93. The zero-order chi connectivity index (χ0) is 29.0. The highest BCUT2D eigenvalue weighted by atomic mass is 35.5. The topological polar surface area (TPSA) is 192 Å². The van der Waals surface area contributed by atoms with Crippen LogP contribution in [0, 0.1) is 23.7 Å². The van der Waals surface area contributed by atoms with E-state index in [-0.39, 0.29) is 34.9 Å². The van der Waals surface area contributed by atoms with Crippen molar-refractivity contribution in [1.82, 2.24) is 15.2 Å². The van der Waals surface area contributed by atoms with E-state index in [1.54, 1.807) is 0 Å². The van der Waals surface area contributed by atoms with Crippen LogP contribution in [0.2, 0.25) is 5.15 Å². The molecule has 0 aromatic carbocycles. The highest BCUT2D eigenvalue weighted by Crippen LogP contribution is 2.51. The molecule has 6 N–H and O–H groups in total.